The predicted octanol–water partition coefficient (Wildman–Crippen LogP) is 7.46. The molecule has 0 unspecified atom stereocenters. The molecule has 0 amide bonds. The molecule has 0 spiro atoms. The first-order chi connectivity index (χ1) is 16.7. The van der Waals surface area contributed by atoms with Gasteiger partial charge in [0.25, 0.3) is 0 Å². The summed E-state index contributed by atoms with van der Waals surface area (Å²) in [5, 5.41) is 0. The Balaban J connectivity index is 2.17. The van der Waals surface area contributed by atoms with Crippen molar-refractivity contribution in [1.82, 2.24) is 0 Å². The summed E-state index contributed by atoms with van der Waals surface area (Å²) in [5.74, 6) is 1.36. The van der Waals surface area contributed by atoms with E-state index in [2.05, 4.69) is 53.7 Å². The van der Waals surface area contributed by atoms with Crippen LogP contribution >= 0.6 is 0 Å². The van der Waals surface area contributed by atoms with Crippen LogP contribution in [0.15, 0.2) is 24.3 Å². The van der Waals surface area contributed by atoms with E-state index in [1.165, 1.54) is 6.42 Å². The van der Waals surface area contributed by atoms with Crippen molar-refractivity contribution < 1.29 is 17.9 Å². The van der Waals surface area contributed by atoms with E-state index >= 15 is 0 Å². The summed E-state index contributed by atoms with van der Waals surface area (Å²) in [6.45, 7) is 13.0. The fourth-order valence-corrected chi connectivity index (χ4v) is 6.65. The molecule has 1 heterocycles. The lowest BCUT2D eigenvalue weighted by Crippen LogP contribution is -2.17. The van der Waals surface area contributed by atoms with Gasteiger partial charge in [-0.15, -0.1) is 0 Å². The van der Waals surface area contributed by atoms with Crippen LogP contribution < -0.4 is 9.47 Å². The number of hydrogen-bond donors (Lipinski definition) is 0. The SMILES string of the molecule is COc1c2cc(C(C)(C)C)cc1CS(=O)(=O)Cc1cc(C(C)(C)C)cc(c1OC)CCCCCCC2. The van der Waals surface area contributed by atoms with Crippen molar-refractivity contribution in [2.45, 2.75) is 109 Å². The van der Waals surface area contributed by atoms with Gasteiger partial charge in [0.05, 0.1) is 25.7 Å². The summed E-state index contributed by atoms with van der Waals surface area (Å²) in [6.07, 6.45) is 7.45. The Bertz CT molecular complexity index is 1080. The highest BCUT2D eigenvalue weighted by molar-refractivity contribution is 7.89. The Morgan fingerprint density at radius 3 is 1.25 bits per heavy atom. The minimum atomic E-state index is -3.49. The van der Waals surface area contributed by atoms with Gasteiger partial charge >= 0.3 is 0 Å². The second-order valence-corrected chi connectivity index (χ2v) is 14.5. The van der Waals surface area contributed by atoms with Crippen molar-refractivity contribution in [3.8, 4) is 11.5 Å². The molecule has 1 aliphatic heterocycles. The average molecular weight is 515 g/mol. The van der Waals surface area contributed by atoms with Crippen molar-refractivity contribution in [2.24, 2.45) is 0 Å². The summed E-state index contributed by atoms with van der Waals surface area (Å²) in [5.41, 5.74) is 5.91. The highest BCUT2D eigenvalue weighted by atomic mass is 32.2. The standard InChI is InChI=1S/C31H46O4S/c1-30(2,3)26-16-22-14-12-10-9-11-13-15-23-17-27(31(4,5)6)19-25(29(23)35-8)21-36(32,33)20-24(18-26)28(22)34-7/h16-19H,9-15,20-21H2,1-8H3. The Morgan fingerprint density at radius 1 is 0.583 bits per heavy atom. The van der Waals surface area contributed by atoms with Gasteiger partial charge in [0, 0.05) is 11.1 Å². The highest BCUT2D eigenvalue weighted by Gasteiger charge is 2.26. The lowest BCUT2D eigenvalue weighted by atomic mass is 9.84. The van der Waals surface area contributed by atoms with Crippen LogP contribution in [0.4, 0.5) is 0 Å². The molecule has 200 valence electrons. The van der Waals surface area contributed by atoms with Crippen LogP contribution in [0.5, 0.6) is 11.5 Å². The highest BCUT2D eigenvalue weighted by Crippen LogP contribution is 2.37. The van der Waals surface area contributed by atoms with Crippen molar-refractivity contribution >= 4 is 9.84 Å². The number of sulfone groups is 1. The van der Waals surface area contributed by atoms with Gasteiger partial charge in [0.15, 0.2) is 9.84 Å². The second-order valence-electron chi connectivity index (χ2n) is 12.5. The zero-order valence-corrected chi connectivity index (χ0v) is 24.5. The monoisotopic (exact) mass is 514 g/mol. The van der Waals surface area contributed by atoms with Crippen LogP contribution in [0.2, 0.25) is 0 Å². The van der Waals surface area contributed by atoms with E-state index in [0.717, 1.165) is 83.4 Å². The van der Waals surface area contributed by atoms with Crippen molar-refractivity contribution in [3.63, 3.8) is 0 Å². The quantitative estimate of drug-likeness (QED) is 0.417. The van der Waals surface area contributed by atoms with Crippen LogP contribution in [0.1, 0.15) is 107 Å². The van der Waals surface area contributed by atoms with Gasteiger partial charge in [0.2, 0.25) is 0 Å². The fraction of sp³-hybridized carbons (Fsp3) is 0.613. The molecule has 2 aromatic carbocycles. The molecule has 5 heteroatoms. The number of rotatable bonds is 2. The van der Waals surface area contributed by atoms with E-state index in [0.29, 0.717) is 0 Å². The normalized spacial score (nSPS) is 17.4. The number of benzene rings is 2. The van der Waals surface area contributed by atoms with Gasteiger partial charge in [-0.1, -0.05) is 85.1 Å². The van der Waals surface area contributed by atoms with Gasteiger partial charge in [-0.3, -0.25) is 0 Å². The van der Waals surface area contributed by atoms with E-state index in [4.69, 9.17) is 9.47 Å². The van der Waals surface area contributed by atoms with Crippen LogP contribution in [0.25, 0.3) is 0 Å². The van der Waals surface area contributed by atoms with Gasteiger partial charge in [0.1, 0.15) is 11.5 Å². The zero-order valence-electron chi connectivity index (χ0n) is 23.7. The van der Waals surface area contributed by atoms with E-state index in [1.807, 2.05) is 12.1 Å². The summed E-state index contributed by atoms with van der Waals surface area (Å²) in [6, 6.07) is 8.52. The third kappa shape index (κ3) is 7.06. The van der Waals surface area contributed by atoms with Gasteiger partial charge in [-0.05, 0) is 58.8 Å². The first-order valence-electron chi connectivity index (χ1n) is 13.4. The number of ether oxygens (including phenoxy) is 2. The first-order valence-corrected chi connectivity index (χ1v) is 15.2. The van der Waals surface area contributed by atoms with Gasteiger partial charge in [-0.25, -0.2) is 8.42 Å². The molecule has 4 nitrogen and oxygen atoms in total. The lowest BCUT2D eigenvalue weighted by molar-refractivity contribution is 0.402. The summed E-state index contributed by atoms with van der Waals surface area (Å²) in [7, 11) is -0.175. The van der Waals surface area contributed by atoms with Gasteiger partial charge < -0.3 is 9.47 Å². The van der Waals surface area contributed by atoms with Crippen LogP contribution in [-0.2, 0) is 45.0 Å². The van der Waals surface area contributed by atoms with Crippen LogP contribution in [0, 0.1) is 0 Å². The van der Waals surface area contributed by atoms with Crippen molar-refractivity contribution in [3.05, 3.63) is 57.6 Å². The van der Waals surface area contributed by atoms with E-state index in [-0.39, 0.29) is 22.3 Å². The zero-order chi connectivity index (χ0) is 26.7. The maximum Gasteiger partial charge on any atom is 0.158 e. The maximum atomic E-state index is 13.7. The van der Waals surface area contributed by atoms with E-state index in [1.54, 1.807) is 14.2 Å². The molecule has 2 aromatic rings. The van der Waals surface area contributed by atoms with Crippen molar-refractivity contribution in [2.75, 3.05) is 14.2 Å². The molecule has 4 bridgehead atoms. The van der Waals surface area contributed by atoms with Crippen molar-refractivity contribution in [1.29, 1.82) is 0 Å². The molecule has 0 radical (unpaired) electrons. The minimum absolute atomic E-state index is 0.0503. The summed E-state index contributed by atoms with van der Waals surface area (Å²) in [4.78, 5) is 0. The molecular formula is C31H46O4S. The summed E-state index contributed by atoms with van der Waals surface area (Å²) < 4.78 is 39.1. The Kier molecular flexibility index (Phi) is 8.86. The molecule has 3 rings (SSSR count). The molecule has 0 atom stereocenters. The lowest BCUT2D eigenvalue weighted by Gasteiger charge is -2.25. The second kappa shape index (κ2) is 11.2. The average Bonchev–Trinajstić information content (AvgIpc) is 2.75. The van der Waals surface area contributed by atoms with Gasteiger partial charge in [-0.2, -0.15) is 0 Å². The molecule has 0 saturated heterocycles. The third-order valence-electron chi connectivity index (χ3n) is 7.27. The molecule has 0 aliphatic carbocycles. The van der Waals surface area contributed by atoms with E-state index < -0.39 is 9.84 Å². The molecular weight excluding hydrogens is 468 g/mol. The number of hydrogen-bond acceptors (Lipinski definition) is 4. The minimum Gasteiger partial charge on any atom is -0.496 e. The smallest absolute Gasteiger partial charge is 0.158 e. The Hall–Kier alpha value is -2.01. The fourth-order valence-electron chi connectivity index (χ4n) is 5.17. The molecule has 1 aliphatic rings. The van der Waals surface area contributed by atoms with Crippen LogP contribution in [-0.4, -0.2) is 22.6 Å². The topological polar surface area (TPSA) is 52.6 Å². The third-order valence-corrected chi connectivity index (χ3v) is 8.77. The predicted molar refractivity (Wildman–Crippen MR) is 150 cm³/mol. The largest absolute Gasteiger partial charge is 0.496 e. The maximum absolute atomic E-state index is 13.7. The number of methoxy groups -OCH3 is 2. The molecule has 0 N–H and O–H groups in total. The van der Waals surface area contributed by atoms with E-state index in [9.17, 15) is 8.42 Å². The number of aryl methyl sites for hydroxylation is 2. The first kappa shape index (κ1) is 28.6. The number of fused-ring (bicyclic) bond motifs is 4. The molecule has 0 saturated carbocycles. The molecule has 0 aromatic heterocycles. The Morgan fingerprint density at radius 2 is 0.917 bits per heavy atom. The summed E-state index contributed by atoms with van der Waals surface area (Å²) >= 11 is 0. The molecule has 36 heavy (non-hydrogen) atoms. The molecule has 0 fully saturated rings. The van der Waals surface area contributed by atoms with Crippen LogP contribution in [0.3, 0.4) is 0 Å². The Labute approximate surface area is 219 Å².